The molecule has 0 bridgehead atoms. The quantitative estimate of drug-likeness (QED) is 0.379. The van der Waals surface area contributed by atoms with Gasteiger partial charge in [-0.05, 0) is 0 Å². The SMILES string of the molecule is C=CC(=O)OCF. The van der Waals surface area contributed by atoms with Crippen LogP contribution in [0.5, 0.6) is 0 Å². The number of hydrogen-bond donors (Lipinski definition) is 0. The van der Waals surface area contributed by atoms with E-state index >= 15 is 0 Å². The fourth-order valence-electron chi connectivity index (χ4n) is 0.113. The van der Waals surface area contributed by atoms with Crippen molar-refractivity contribution in [1.82, 2.24) is 0 Å². The van der Waals surface area contributed by atoms with Crippen molar-refractivity contribution >= 4 is 5.97 Å². The van der Waals surface area contributed by atoms with Crippen molar-refractivity contribution in [2.45, 2.75) is 0 Å². The molecule has 2 nitrogen and oxygen atoms in total. The van der Waals surface area contributed by atoms with Crippen LogP contribution < -0.4 is 0 Å². The molecule has 0 unspecified atom stereocenters. The van der Waals surface area contributed by atoms with E-state index in [1.54, 1.807) is 0 Å². The van der Waals surface area contributed by atoms with E-state index < -0.39 is 12.8 Å². The van der Waals surface area contributed by atoms with Crippen molar-refractivity contribution in [3.63, 3.8) is 0 Å². The van der Waals surface area contributed by atoms with Gasteiger partial charge in [0.15, 0.2) is 0 Å². The van der Waals surface area contributed by atoms with Crippen molar-refractivity contribution in [3.8, 4) is 0 Å². The highest BCUT2D eigenvalue weighted by atomic mass is 19.1. The van der Waals surface area contributed by atoms with Gasteiger partial charge >= 0.3 is 5.97 Å². The highest BCUT2D eigenvalue weighted by molar-refractivity contribution is 5.81. The molecule has 0 aliphatic carbocycles. The third kappa shape index (κ3) is 2.96. The van der Waals surface area contributed by atoms with Crippen LogP contribution >= 0.6 is 0 Å². The monoisotopic (exact) mass is 104 g/mol. The molecule has 3 heteroatoms. The van der Waals surface area contributed by atoms with Crippen LogP contribution in [0.2, 0.25) is 0 Å². The molecule has 0 fully saturated rings. The standard InChI is InChI=1S/C4H5FO2/c1-2-4(6)7-3-5/h2H,1,3H2. The molecule has 0 N–H and O–H groups in total. The Labute approximate surface area is 40.6 Å². The summed E-state index contributed by atoms with van der Waals surface area (Å²) in [5.74, 6) is -0.734. The normalized spacial score (nSPS) is 7.57. The van der Waals surface area contributed by atoms with Gasteiger partial charge < -0.3 is 4.74 Å². The first kappa shape index (κ1) is 6.14. The summed E-state index contributed by atoms with van der Waals surface area (Å²) in [5.41, 5.74) is 0. The van der Waals surface area contributed by atoms with Gasteiger partial charge in [0.2, 0.25) is 6.86 Å². The molecule has 0 amide bonds. The Kier molecular flexibility index (Phi) is 2.92. The predicted octanol–water partition coefficient (Wildman–Crippen LogP) is 0.643. The van der Waals surface area contributed by atoms with Crippen LogP contribution in [-0.4, -0.2) is 12.8 Å². The second-order valence-electron chi connectivity index (χ2n) is 0.777. The molecule has 0 aromatic rings. The van der Waals surface area contributed by atoms with E-state index in [0.717, 1.165) is 6.08 Å². The highest BCUT2D eigenvalue weighted by Gasteiger charge is 1.88. The van der Waals surface area contributed by atoms with Crippen molar-refractivity contribution in [2.24, 2.45) is 0 Å². The van der Waals surface area contributed by atoms with Crippen LogP contribution in [0.1, 0.15) is 0 Å². The van der Waals surface area contributed by atoms with Gasteiger partial charge in [0.05, 0.1) is 0 Å². The number of carbonyl (C=O) groups excluding carboxylic acids is 1. The Bertz CT molecular complexity index is 79.8. The molecule has 0 aromatic heterocycles. The fraction of sp³-hybridized carbons (Fsp3) is 0.250. The zero-order valence-corrected chi connectivity index (χ0v) is 3.69. The molecule has 0 aliphatic rings. The Balaban J connectivity index is 3.17. The fourth-order valence-corrected chi connectivity index (χ4v) is 0.113. The zero-order valence-electron chi connectivity index (χ0n) is 3.69. The minimum atomic E-state index is -1.08. The average molecular weight is 104 g/mol. The molecule has 0 spiro atoms. The Morgan fingerprint density at radius 2 is 2.57 bits per heavy atom. The summed E-state index contributed by atoms with van der Waals surface area (Å²) >= 11 is 0. The van der Waals surface area contributed by atoms with Crippen molar-refractivity contribution < 1.29 is 13.9 Å². The lowest BCUT2D eigenvalue weighted by Crippen LogP contribution is -1.96. The average Bonchev–Trinajstić information content (AvgIpc) is 1.68. The van der Waals surface area contributed by atoms with Crippen molar-refractivity contribution in [1.29, 1.82) is 0 Å². The number of ether oxygens (including phenoxy) is 1. The maximum absolute atomic E-state index is 10.9. The maximum Gasteiger partial charge on any atom is 0.332 e. The van der Waals surface area contributed by atoms with E-state index in [9.17, 15) is 9.18 Å². The van der Waals surface area contributed by atoms with Crippen LogP contribution in [0.15, 0.2) is 12.7 Å². The molecule has 0 rings (SSSR count). The summed E-state index contributed by atoms with van der Waals surface area (Å²) < 4.78 is 14.7. The van der Waals surface area contributed by atoms with E-state index in [1.807, 2.05) is 0 Å². The number of alkyl halides is 1. The summed E-state index contributed by atoms with van der Waals surface area (Å²) in [4.78, 5) is 9.83. The third-order valence-corrected chi connectivity index (χ3v) is 0.363. The molecule has 40 valence electrons. The highest BCUT2D eigenvalue weighted by Crippen LogP contribution is 1.76. The topological polar surface area (TPSA) is 26.3 Å². The lowest BCUT2D eigenvalue weighted by molar-refractivity contribution is -0.141. The van der Waals surface area contributed by atoms with E-state index in [2.05, 4.69) is 11.3 Å². The molecule has 0 heterocycles. The first-order valence-corrected chi connectivity index (χ1v) is 1.66. The lowest BCUT2D eigenvalue weighted by Gasteiger charge is -1.87. The molecular weight excluding hydrogens is 99.0 g/mol. The zero-order chi connectivity index (χ0) is 5.70. The summed E-state index contributed by atoms with van der Waals surface area (Å²) in [5, 5.41) is 0. The lowest BCUT2D eigenvalue weighted by atomic mass is 10.7. The van der Waals surface area contributed by atoms with Crippen molar-refractivity contribution in [3.05, 3.63) is 12.7 Å². The van der Waals surface area contributed by atoms with E-state index in [0.29, 0.717) is 0 Å². The van der Waals surface area contributed by atoms with E-state index in [4.69, 9.17) is 0 Å². The minimum Gasteiger partial charge on any atom is -0.431 e. The number of esters is 1. The Morgan fingerprint density at radius 3 is 2.71 bits per heavy atom. The largest absolute Gasteiger partial charge is 0.431 e. The molecule has 7 heavy (non-hydrogen) atoms. The van der Waals surface area contributed by atoms with Gasteiger partial charge in [-0.25, -0.2) is 9.18 Å². The second kappa shape index (κ2) is 3.33. The number of halogens is 1. The summed E-state index contributed by atoms with van der Waals surface area (Å²) in [6.07, 6.45) is 0.902. The van der Waals surface area contributed by atoms with Gasteiger partial charge in [-0.3, -0.25) is 0 Å². The number of hydrogen-bond acceptors (Lipinski definition) is 2. The Morgan fingerprint density at radius 1 is 2.00 bits per heavy atom. The summed E-state index contributed by atoms with van der Waals surface area (Å²) in [7, 11) is 0. The van der Waals surface area contributed by atoms with Crippen LogP contribution in [0.3, 0.4) is 0 Å². The number of carbonyl (C=O) groups is 1. The summed E-state index contributed by atoms with van der Waals surface area (Å²) in [6, 6.07) is 0. The van der Waals surface area contributed by atoms with Gasteiger partial charge in [-0.1, -0.05) is 6.58 Å². The molecule has 0 aliphatic heterocycles. The first-order valence-electron chi connectivity index (χ1n) is 1.66. The minimum absolute atomic E-state index is 0.734. The molecule has 0 atom stereocenters. The van der Waals surface area contributed by atoms with Crippen LogP contribution in [0.4, 0.5) is 4.39 Å². The van der Waals surface area contributed by atoms with Gasteiger partial charge in [-0.15, -0.1) is 0 Å². The molecule has 0 saturated carbocycles. The van der Waals surface area contributed by atoms with E-state index in [-0.39, 0.29) is 0 Å². The molecule has 0 aromatic carbocycles. The van der Waals surface area contributed by atoms with Gasteiger partial charge in [0.1, 0.15) is 0 Å². The smallest absolute Gasteiger partial charge is 0.332 e. The predicted molar refractivity (Wildman–Crippen MR) is 22.3 cm³/mol. The van der Waals surface area contributed by atoms with Crippen LogP contribution in [-0.2, 0) is 9.53 Å². The second-order valence-corrected chi connectivity index (χ2v) is 0.777. The van der Waals surface area contributed by atoms with Gasteiger partial charge in [-0.2, -0.15) is 0 Å². The first-order chi connectivity index (χ1) is 3.31. The molecular formula is C4H5FO2. The third-order valence-electron chi connectivity index (χ3n) is 0.363. The van der Waals surface area contributed by atoms with Crippen molar-refractivity contribution in [2.75, 3.05) is 6.86 Å². The van der Waals surface area contributed by atoms with E-state index in [1.165, 1.54) is 0 Å². The van der Waals surface area contributed by atoms with Crippen LogP contribution in [0.25, 0.3) is 0 Å². The maximum atomic E-state index is 10.9. The molecule has 0 saturated heterocycles. The Hall–Kier alpha value is -0.860. The number of rotatable bonds is 2. The molecule has 0 radical (unpaired) electrons. The summed E-state index contributed by atoms with van der Waals surface area (Å²) in [6.45, 7) is 1.96. The van der Waals surface area contributed by atoms with Gasteiger partial charge in [0, 0.05) is 6.08 Å². The van der Waals surface area contributed by atoms with Crippen LogP contribution in [0, 0.1) is 0 Å². The van der Waals surface area contributed by atoms with Gasteiger partial charge in [0.25, 0.3) is 0 Å².